The number of alkyl halides is 1. The Morgan fingerprint density at radius 3 is 2.48 bits per heavy atom. The fourth-order valence-electron chi connectivity index (χ4n) is 2.91. The van der Waals surface area contributed by atoms with Crippen LogP contribution in [0.25, 0.3) is 11.2 Å². The zero-order valence-electron chi connectivity index (χ0n) is 13.9. The Morgan fingerprint density at radius 2 is 1.90 bits per heavy atom. The first-order valence-corrected chi connectivity index (χ1v) is 8.51. The van der Waals surface area contributed by atoms with Gasteiger partial charge in [-0.15, -0.1) is 11.6 Å². The van der Waals surface area contributed by atoms with Gasteiger partial charge in [0.15, 0.2) is 5.65 Å². The number of halogens is 1. The van der Waals surface area contributed by atoms with E-state index in [1.807, 2.05) is 11.7 Å². The van der Waals surface area contributed by atoms with Crippen LogP contribution >= 0.6 is 11.6 Å². The maximum atomic E-state index is 6.14. The maximum Gasteiger partial charge on any atom is 0.158 e. The maximum absolute atomic E-state index is 6.14. The Balaban J connectivity index is 2.45. The summed E-state index contributed by atoms with van der Waals surface area (Å²) in [4.78, 5) is 4.77. The standard InChI is InChI=1S/C16H27ClN4/c1-6-7-13-15-16(20(5)19-13)21(14(10-17)18-15)12(4)9-8-11(2)3/h11-12H,6-10H2,1-5H3. The second-order valence-corrected chi connectivity index (χ2v) is 6.61. The van der Waals surface area contributed by atoms with Gasteiger partial charge in [-0.25, -0.2) is 4.98 Å². The van der Waals surface area contributed by atoms with E-state index in [9.17, 15) is 0 Å². The highest BCUT2D eigenvalue weighted by molar-refractivity contribution is 6.16. The van der Waals surface area contributed by atoms with Crippen molar-refractivity contribution in [1.82, 2.24) is 19.3 Å². The van der Waals surface area contributed by atoms with Crippen molar-refractivity contribution in [3.05, 3.63) is 11.5 Å². The molecular formula is C16H27ClN4. The van der Waals surface area contributed by atoms with Gasteiger partial charge in [-0.3, -0.25) is 4.68 Å². The molecule has 0 amide bonds. The predicted molar refractivity (Wildman–Crippen MR) is 88.8 cm³/mol. The number of hydrogen-bond donors (Lipinski definition) is 0. The van der Waals surface area contributed by atoms with Crippen LogP contribution in [0.2, 0.25) is 0 Å². The third-order valence-corrected chi connectivity index (χ3v) is 4.26. The van der Waals surface area contributed by atoms with Crippen molar-refractivity contribution < 1.29 is 0 Å². The topological polar surface area (TPSA) is 35.6 Å². The number of nitrogens with zero attached hydrogens (tertiary/aromatic N) is 4. The zero-order chi connectivity index (χ0) is 15.6. The Hall–Kier alpha value is -1.03. The molecule has 2 aromatic rings. The van der Waals surface area contributed by atoms with Gasteiger partial charge < -0.3 is 4.57 Å². The number of rotatable bonds is 7. The molecule has 0 saturated heterocycles. The molecule has 21 heavy (non-hydrogen) atoms. The lowest BCUT2D eigenvalue weighted by Gasteiger charge is -2.18. The lowest BCUT2D eigenvalue weighted by Crippen LogP contribution is -2.12. The van der Waals surface area contributed by atoms with Crippen molar-refractivity contribution in [1.29, 1.82) is 0 Å². The molecule has 1 unspecified atom stereocenters. The minimum Gasteiger partial charge on any atom is -0.309 e. The van der Waals surface area contributed by atoms with Gasteiger partial charge in [0.25, 0.3) is 0 Å². The van der Waals surface area contributed by atoms with Gasteiger partial charge in [0.1, 0.15) is 11.3 Å². The molecule has 2 heterocycles. The molecule has 4 nitrogen and oxygen atoms in total. The third kappa shape index (κ3) is 3.25. The zero-order valence-corrected chi connectivity index (χ0v) is 14.6. The van der Waals surface area contributed by atoms with Gasteiger partial charge in [0, 0.05) is 13.1 Å². The van der Waals surface area contributed by atoms with Crippen LogP contribution in [0.5, 0.6) is 0 Å². The van der Waals surface area contributed by atoms with Crippen molar-refractivity contribution >= 4 is 22.8 Å². The summed E-state index contributed by atoms with van der Waals surface area (Å²) < 4.78 is 4.26. The molecule has 118 valence electrons. The minimum atomic E-state index is 0.399. The van der Waals surface area contributed by atoms with E-state index in [0.717, 1.165) is 41.9 Å². The van der Waals surface area contributed by atoms with Gasteiger partial charge in [-0.05, 0) is 32.1 Å². The van der Waals surface area contributed by atoms with Crippen LogP contribution in [0.4, 0.5) is 0 Å². The van der Waals surface area contributed by atoms with Gasteiger partial charge >= 0.3 is 0 Å². The SMILES string of the molecule is CCCc1nn(C)c2c1nc(CCl)n2C(C)CCC(C)C. The second kappa shape index (κ2) is 6.82. The van der Waals surface area contributed by atoms with E-state index in [2.05, 4.69) is 37.4 Å². The average Bonchev–Trinajstić information content (AvgIpc) is 2.95. The van der Waals surface area contributed by atoms with E-state index in [0.29, 0.717) is 17.8 Å². The highest BCUT2D eigenvalue weighted by Crippen LogP contribution is 2.28. The molecule has 0 saturated carbocycles. The average molecular weight is 311 g/mol. The van der Waals surface area contributed by atoms with Gasteiger partial charge in [0.05, 0.1) is 11.6 Å². The molecule has 0 aliphatic heterocycles. The van der Waals surface area contributed by atoms with E-state index in [-0.39, 0.29) is 0 Å². The number of aromatic nitrogens is 4. The van der Waals surface area contributed by atoms with Gasteiger partial charge in [-0.2, -0.15) is 5.10 Å². The molecule has 0 fully saturated rings. The molecule has 0 aromatic carbocycles. The molecule has 0 aliphatic carbocycles. The number of aryl methyl sites for hydroxylation is 2. The molecule has 0 radical (unpaired) electrons. The predicted octanol–water partition coefficient (Wildman–Crippen LogP) is 4.46. The van der Waals surface area contributed by atoms with Crippen LogP contribution in [0.3, 0.4) is 0 Å². The lowest BCUT2D eigenvalue weighted by molar-refractivity contribution is 0.435. The number of imidazole rings is 1. The Labute approximate surface area is 132 Å². The number of hydrogen-bond acceptors (Lipinski definition) is 2. The molecule has 0 N–H and O–H groups in total. The molecule has 0 bridgehead atoms. The fraction of sp³-hybridized carbons (Fsp3) is 0.750. The van der Waals surface area contributed by atoms with E-state index < -0.39 is 0 Å². The highest BCUT2D eigenvalue weighted by Gasteiger charge is 2.21. The first kappa shape index (κ1) is 16.3. The molecule has 5 heteroatoms. The van der Waals surface area contributed by atoms with Crippen molar-refractivity contribution in [3.63, 3.8) is 0 Å². The Kier molecular flexibility index (Phi) is 5.31. The monoisotopic (exact) mass is 310 g/mol. The van der Waals surface area contributed by atoms with Crippen molar-refractivity contribution in [2.24, 2.45) is 13.0 Å². The Bertz CT molecular complexity index is 597. The van der Waals surface area contributed by atoms with Crippen molar-refractivity contribution in [3.8, 4) is 0 Å². The van der Waals surface area contributed by atoms with Gasteiger partial charge in [0.2, 0.25) is 0 Å². The molecule has 1 atom stereocenters. The molecule has 2 aromatic heterocycles. The van der Waals surface area contributed by atoms with Crippen molar-refractivity contribution in [2.45, 2.75) is 65.3 Å². The summed E-state index contributed by atoms with van der Waals surface area (Å²) >= 11 is 6.14. The van der Waals surface area contributed by atoms with Crippen LogP contribution < -0.4 is 0 Å². The summed E-state index contributed by atoms with van der Waals surface area (Å²) in [5.74, 6) is 2.13. The Morgan fingerprint density at radius 1 is 1.19 bits per heavy atom. The summed E-state index contributed by atoms with van der Waals surface area (Å²) in [7, 11) is 2.01. The second-order valence-electron chi connectivity index (χ2n) is 6.34. The molecule has 2 rings (SSSR count). The molecular weight excluding hydrogens is 284 g/mol. The summed E-state index contributed by atoms with van der Waals surface area (Å²) in [5, 5.41) is 4.64. The van der Waals surface area contributed by atoms with Crippen LogP contribution in [0.1, 0.15) is 64.5 Å². The quantitative estimate of drug-likeness (QED) is 0.708. The normalized spacial score (nSPS) is 13.5. The van der Waals surface area contributed by atoms with Crippen LogP contribution in [-0.2, 0) is 19.3 Å². The molecule has 0 aliphatic rings. The van der Waals surface area contributed by atoms with E-state index in [1.54, 1.807) is 0 Å². The van der Waals surface area contributed by atoms with E-state index in [1.165, 1.54) is 6.42 Å². The minimum absolute atomic E-state index is 0.399. The highest BCUT2D eigenvalue weighted by atomic mass is 35.5. The van der Waals surface area contributed by atoms with Gasteiger partial charge in [-0.1, -0.05) is 27.2 Å². The van der Waals surface area contributed by atoms with E-state index in [4.69, 9.17) is 16.6 Å². The van der Waals surface area contributed by atoms with Crippen LogP contribution in [-0.4, -0.2) is 19.3 Å². The summed E-state index contributed by atoms with van der Waals surface area (Å²) in [6.45, 7) is 8.96. The van der Waals surface area contributed by atoms with Crippen molar-refractivity contribution in [2.75, 3.05) is 0 Å². The fourth-order valence-corrected chi connectivity index (χ4v) is 3.10. The summed E-state index contributed by atoms with van der Waals surface area (Å²) in [6, 6.07) is 0.399. The first-order chi connectivity index (χ1) is 9.99. The lowest BCUT2D eigenvalue weighted by atomic mass is 10.0. The van der Waals surface area contributed by atoms with Crippen LogP contribution in [0, 0.1) is 5.92 Å². The molecule has 0 spiro atoms. The smallest absolute Gasteiger partial charge is 0.158 e. The summed E-state index contributed by atoms with van der Waals surface area (Å²) in [5.41, 5.74) is 3.24. The van der Waals surface area contributed by atoms with E-state index >= 15 is 0 Å². The largest absolute Gasteiger partial charge is 0.309 e. The number of fused-ring (bicyclic) bond motifs is 1. The van der Waals surface area contributed by atoms with Crippen LogP contribution in [0.15, 0.2) is 0 Å². The summed E-state index contributed by atoms with van der Waals surface area (Å²) in [6.07, 6.45) is 4.40. The third-order valence-electron chi connectivity index (χ3n) is 4.02. The first-order valence-electron chi connectivity index (χ1n) is 7.98.